The Kier molecular flexibility index (Phi) is 5.41. The van der Waals surface area contributed by atoms with Gasteiger partial charge in [0.25, 0.3) is 0 Å². The highest BCUT2D eigenvalue weighted by Gasteiger charge is 2.09. The molecule has 0 unspecified atom stereocenters. The summed E-state index contributed by atoms with van der Waals surface area (Å²) in [5, 5.41) is 10.4. The monoisotopic (exact) mass is 359 g/mol. The van der Waals surface area contributed by atoms with Gasteiger partial charge in [0.1, 0.15) is 11.3 Å². The van der Waals surface area contributed by atoms with Gasteiger partial charge in [-0.3, -0.25) is 5.41 Å². The van der Waals surface area contributed by atoms with Gasteiger partial charge in [0.2, 0.25) is 0 Å². The number of anilines is 1. The van der Waals surface area contributed by atoms with E-state index in [2.05, 4.69) is 5.32 Å². The fourth-order valence-electron chi connectivity index (χ4n) is 2.12. The van der Waals surface area contributed by atoms with Crippen molar-refractivity contribution in [2.75, 3.05) is 5.32 Å². The molecule has 8 heteroatoms. The van der Waals surface area contributed by atoms with Crippen LogP contribution in [0, 0.1) is 5.41 Å². The van der Waals surface area contributed by atoms with Crippen molar-refractivity contribution in [2.24, 2.45) is 5.73 Å². The quantitative estimate of drug-likeness (QED) is 0.217. The Morgan fingerprint density at radius 3 is 2.48 bits per heavy atom. The Hall–Kier alpha value is -3.32. The second kappa shape index (κ2) is 7.50. The molecule has 2 aromatic carbocycles. The Balaban J connectivity index is 0.00000225. The van der Waals surface area contributed by atoms with Gasteiger partial charge in [0, 0.05) is 17.1 Å². The molecule has 4 N–H and O–H groups in total. The molecule has 0 aliphatic rings. The van der Waals surface area contributed by atoms with Crippen molar-refractivity contribution in [1.82, 2.24) is 0 Å². The lowest BCUT2D eigenvalue weighted by Crippen LogP contribution is -2.20. The van der Waals surface area contributed by atoms with E-state index in [1.165, 1.54) is 6.07 Å². The number of esters is 1. The number of ether oxygens (including phenoxy) is 1. The van der Waals surface area contributed by atoms with Gasteiger partial charge in [-0.05, 0) is 48.5 Å². The molecule has 1 aromatic heterocycles. The minimum Gasteiger partial charge on any atom is -0.423 e. The summed E-state index contributed by atoms with van der Waals surface area (Å²) in [6.45, 7) is 0. The van der Waals surface area contributed by atoms with Crippen LogP contribution in [0.5, 0.6) is 5.75 Å². The number of hydrogen-bond donors (Lipinski definition) is 3. The topological polar surface area (TPSA) is 118 Å². The third kappa shape index (κ3) is 4.36. The summed E-state index contributed by atoms with van der Waals surface area (Å²) >= 11 is 0. The zero-order valence-corrected chi connectivity index (χ0v) is 13.6. The van der Waals surface area contributed by atoms with Gasteiger partial charge in [0.05, 0.1) is 5.56 Å². The SMILES string of the molecule is Cl.N=C(N)Nc1ccc(C(=O)Oc2ccc3oc(=O)ccc3c2)cc1. The fourth-order valence-corrected chi connectivity index (χ4v) is 2.12. The summed E-state index contributed by atoms with van der Waals surface area (Å²) < 4.78 is 10.3. The maximum absolute atomic E-state index is 12.2. The van der Waals surface area contributed by atoms with Crippen LogP contribution in [0.1, 0.15) is 10.4 Å². The predicted octanol–water partition coefficient (Wildman–Crippen LogP) is 2.74. The summed E-state index contributed by atoms with van der Waals surface area (Å²) in [6.07, 6.45) is 0. The number of carbonyl (C=O) groups excluding carboxylic acids is 1. The molecule has 128 valence electrons. The van der Waals surface area contributed by atoms with Gasteiger partial charge < -0.3 is 20.2 Å². The lowest BCUT2D eigenvalue weighted by Gasteiger charge is -2.07. The standard InChI is InChI=1S/C17H13N3O4.ClH/c18-17(19)20-12-4-1-10(2-5-12)16(22)23-13-6-7-14-11(9-13)3-8-15(21)24-14;/h1-9H,(H4,18,19,20);1H. The molecule has 1 heterocycles. The molecule has 0 aliphatic carbocycles. The second-order valence-electron chi connectivity index (χ2n) is 4.96. The summed E-state index contributed by atoms with van der Waals surface area (Å²) in [7, 11) is 0. The number of nitrogens with one attached hydrogen (secondary N) is 2. The number of benzene rings is 2. The van der Waals surface area contributed by atoms with Crippen molar-refractivity contribution in [1.29, 1.82) is 5.41 Å². The number of fused-ring (bicyclic) bond motifs is 1. The molecule has 0 fully saturated rings. The maximum Gasteiger partial charge on any atom is 0.343 e. The van der Waals surface area contributed by atoms with E-state index < -0.39 is 11.6 Å². The molecule has 3 aromatic rings. The Morgan fingerprint density at radius 2 is 1.80 bits per heavy atom. The van der Waals surface area contributed by atoms with Crippen molar-refractivity contribution in [3.05, 3.63) is 70.6 Å². The summed E-state index contributed by atoms with van der Waals surface area (Å²) in [4.78, 5) is 23.3. The first-order chi connectivity index (χ1) is 11.5. The van der Waals surface area contributed by atoms with Gasteiger partial charge in [-0.2, -0.15) is 0 Å². The molecule has 3 rings (SSSR count). The lowest BCUT2D eigenvalue weighted by molar-refractivity contribution is 0.0735. The van der Waals surface area contributed by atoms with E-state index in [1.807, 2.05) is 0 Å². The predicted molar refractivity (Wildman–Crippen MR) is 96.7 cm³/mol. The van der Waals surface area contributed by atoms with E-state index in [4.69, 9.17) is 20.3 Å². The number of carbonyl (C=O) groups is 1. The van der Waals surface area contributed by atoms with Crippen LogP contribution in [-0.2, 0) is 0 Å². The normalized spacial score (nSPS) is 9.92. The van der Waals surface area contributed by atoms with Gasteiger partial charge in [-0.25, -0.2) is 9.59 Å². The second-order valence-corrected chi connectivity index (χ2v) is 4.96. The highest BCUT2D eigenvalue weighted by atomic mass is 35.5. The number of rotatable bonds is 3. The van der Waals surface area contributed by atoms with Gasteiger partial charge in [-0.1, -0.05) is 0 Å². The van der Waals surface area contributed by atoms with Crippen molar-refractivity contribution in [3.8, 4) is 5.75 Å². The van der Waals surface area contributed by atoms with Crippen LogP contribution >= 0.6 is 12.4 Å². The number of halogens is 1. The average Bonchev–Trinajstić information content (AvgIpc) is 2.55. The molecule has 0 saturated carbocycles. The summed E-state index contributed by atoms with van der Waals surface area (Å²) in [5.41, 5.74) is 6.16. The van der Waals surface area contributed by atoms with Gasteiger partial charge in [-0.15, -0.1) is 12.4 Å². The molecule has 0 amide bonds. The molecule has 0 aliphatic heterocycles. The van der Waals surface area contributed by atoms with Crippen LogP contribution in [0.25, 0.3) is 11.0 Å². The zero-order chi connectivity index (χ0) is 17.1. The van der Waals surface area contributed by atoms with Crippen molar-refractivity contribution >= 4 is 41.0 Å². The first-order valence-electron chi connectivity index (χ1n) is 6.98. The smallest absolute Gasteiger partial charge is 0.343 e. The maximum atomic E-state index is 12.2. The van der Waals surface area contributed by atoms with Crippen molar-refractivity contribution in [2.45, 2.75) is 0 Å². The Bertz CT molecular complexity index is 983. The lowest BCUT2D eigenvalue weighted by atomic mass is 10.2. The van der Waals surface area contributed by atoms with E-state index in [0.29, 0.717) is 28.0 Å². The van der Waals surface area contributed by atoms with Crippen LogP contribution in [0.15, 0.2) is 63.8 Å². The molecule has 0 saturated heterocycles. The molecule has 25 heavy (non-hydrogen) atoms. The Morgan fingerprint density at radius 1 is 1.08 bits per heavy atom. The summed E-state index contributed by atoms with van der Waals surface area (Å²) in [5.74, 6) is -0.374. The van der Waals surface area contributed by atoms with Crippen molar-refractivity contribution < 1.29 is 13.9 Å². The zero-order valence-electron chi connectivity index (χ0n) is 12.8. The molecule has 0 spiro atoms. The highest BCUT2D eigenvalue weighted by molar-refractivity contribution is 5.93. The third-order valence-electron chi connectivity index (χ3n) is 3.20. The minimum absolute atomic E-state index is 0. The summed E-state index contributed by atoms with van der Waals surface area (Å²) in [6, 6.07) is 14.0. The molecule has 0 radical (unpaired) electrons. The molecular formula is C17H14ClN3O4. The number of nitrogens with two attached hydrogens (primary N) is 1. The number of hydrogen-bond acceptors (Lipinski definition) is 5. The highest BCUT2D eigenvalue weighted by Crippen LogP contribution is 2.21. The largest absolute Gasteiger partial charge is 0.423 e. The van der Waals surface area contributed by atoms with Crippen LogP contribution in [0.2, 0.25) is 0 Å². The first-order valence-corrected chi connectivity index (χ1v) is 6.98. The van der Waals surface area contributed by atoms with E-state index in [-0.39, 0.29) is 18.4 Å². The molecule has 0 bridgehead atoms. The third-order valence-corrected chi connectivity index (χ3v) is 3.20. The molecule has 0 atom stereocenters. The van der Waals surface area contributed by atoms with Crippen LogP contribution < -0.4 is 21.4 Å². The minimum atomic E-state index is -0.527. The van der Waals surface area contributed by atoms with E-state index in [9.17, 15) is 9.59 Å². The van der Waals surface area contributed by atoms with Gasteiger partial charge in [0.15, 0.2) is 5.96 Å². The van der Waals surface area contributed by atoms with Crippen LogP contribution in [-0.4, -0.2) is 11.9 Å². The fraction of sp³-hybridized carbons (Fsp3) is 0. The van der Waals surface area contributed by atoms with E-state index in [0.717, 1.165) is 0 Å². The average molecular weight is 360 g/mol. The van der Waals surface area contributed by atoms with Crippen molar-refractivity contribution in [3.63, 3.8) is 0 Å². The Labute approximate surface area is 148 Å². The van der Waals surface area contributed by atoms with Crippen LogP contribution in [0.4, 0.5) is 5.69 Å². The van der Waals surface area contributed by atoms with E-state index >= 15 is 0 Å². The number of guanidine groups is 1. The first kappa shape index (κ1) is 18.0. The van der Waals surface area contributed by atoms with E-state index in [1.54, 1.807) is 48.5 Å². The molecule has 7 nitrogen and oxygen atoms in total. The van der Waals surface area contributed by atoms with Crippen LogP contribution in [0.3, 0.4) is 0 Å². The van der Waals surface area contributed by atoms with Gasteiger partial charge >= 0.3 is 11.6 Å². The molecular weight excluding hydrogens is 346 g/mol.